The van der Waals surface area contributed by atoms with Crippen LogP contribution >= 0.6 is 0 Å². The van der Waals surface area contributed by atoms with Crippen LogP contribution < -0.4 is 4.74 Å². The molecule has 1 N–H and O–H groups in total. The van der Waals surface area contributed by atoms with E-state index in [0.29, 0.717) is 0 Å². The van der Waals surface area contributed by atoms with Crippen LogP contribution in [0.25, 0.3) is 5.57 Å². The fourth-order valence-corrected chi connectivity index (χ4v) is 1.75. The van der Waals surface area contributed by atoms with Crippen molar-refractivity contribution in [3.05, 3.63) is 48.1 Å². The molecule has 1 aromatic carbocycles. The van der Waals surface area contributed by atoms with Crippen molar-refractivity contribution in [2.24, 2.45) is 0 Å². The van der Waals surface area contributed by atoms with E-state index in [4.69, 9.17) is 9.84 Å². The molecule has 0 saturated heterocycles. The third-order valence-electron chi connectivity index (χ3n) is 2.71. The lowest BCUT2D eigenvalue weighted by molar-refractivity contribution is -0.136. The number of methoxy groups -OCH3 is 1. The molecule has 0 spiro atoms. The molecule has 19 heavy (non-hydrogen) atoms. The maximum atomic E-state index is 10.4. The maximum absolute atomic E-state index is 10.4. The Morgan fingerprint density at radius 2 is 2.00 bits per heavy atom. The molecule has 0 atom stereocenters. The number of allylic oxidation sites excluding steroid dienone is 3. The summed E-state index contributed by atoms with van der Waals surface area (Å²) in [7, 11) is 1.65. The lowest BCUT2D eigenvalue weighted by atomic mass is 10.0. The van der Waals surface area contributed by atoms with Crippen molar-refractivity contribution in [1.82, 2.24) is 0 Å². The van der Waals surface area contributed by atoms with Gasteiger partial charge >= 0.3 is 5.97 Å². The van der Waals surface area contributed by atoms with Gasteiger partial charge in [-0.3, -0.25) is 4.79 Å². The molecule has 3 heteroatoms. The Morgan fingerprint density at radius 1 is 1.32 bits per heavy atom. The van der Waals surface area contributed by atoms with E-state index in [1.165, 1.54) is 5.57 Å². The summed E-state index contributed by atoms with van der Waals surface area (Å²) >= 11 is 0. The molecule has 0 radical (unpaired) electrons. The topological polar surface area (TPSA) is 46.5 Å². The fraction of sp³-hybridized carbons (Fsp3) is 0.312. The highest BCUT2D eigenvalue weighted by Gasteiger charge is 2.00. The third kappa shape index (κ3) is 5.42. The highest BCUT2D eigenvalue weighted by atomic mass is 16.5. The summed E-state index contributed by atoms with van der Waals surface area (Å²) in [4.78, 5) is 10.4. The second-order valence-electron chi connectivity index (χ2n) is 4.20. The van der Waals surface area contributed by atoms with E-state index >= 15 is 0 Å². The minimum absolute atomic E-state index is 0.0541. The quantitative estimate of drug-likeness (QED) is 0.756. The van der Waals surface area contributed by atoms with Crippen molar-refractivity contribution < 1.29 is 14.6 Å². The van der Waals surface area contributed by atoms with Crippen molar-refractivity contribution in [1.29, 1.82) is 0 Å². The number of aliphatic carboxylic acids is 1. The zero-order valence-electron chi connectivity index (χ0n) is 11.4. The van der Waals surface area contributed by atoms with E-state index in [0.717, 1.165) is 24.2 Å². The second kappa shape index (κ2) is 8.14. The molecule has 0 aliphatic heterocycles. The van der Waals surface area contributed by atoms with Crippen LogP contribution in [0.4, 0.5) is 0 Å². The minimum Gasteiger partial charge on any atom is -0.497 e. The van der Waals surface area contributed by atoms with E-state index in [1.54, 1.807) is 13.2 Å². The molecular formula is C16H20O3. The van der Waals surface area contributed by atoms with E-state index in [9.17, 15) is 4.79 Å². The van der Waals surface area contributed by atoms with Crippen molar-refractivity contribution in [2.45, 2.75) is 26.2 Å². The predicted octanol–water partition coefficient (Wildman–Crippen LogP) is 3.91. The standard InChI is InChI=1S/C16H20O3/c1-3-6-13(7-4-5-8-16(17)18)14-9-11-15(19-2)12-10-14/h4-5,7,9-12H,3,6,8H2,1-2H3,(H,17,18)/b5-4+,13-7+. The zero-order chi connectivity index (χ0) is 14.1. The van der Waals surface area contributed by atoms with E-state index in [-0.39, 0.29) is 6.42 Å². The lowest BCUT2D eigenvalue weighted by Gasteiger charge is -2.07. The number of rotatable bonds is 7. The van der Waals surface area contributed by atoms with E-state index in [1.807, 2.05) is 36.4 Å². The number of hydrogen-bond acceptors (Lipinski definition) is 2. The number of carboxylic acid groups (broad SMARTS) is 1. The Labute approximate surface area is 114 Å². The van der Waals surface area contributed by atoms with Gasteiger partial charge in [0.2, 0.25) is 0 Å². The average molecular weight is 260 g/mol. The number of hydrogen-bond donors (Lipinski definition) is 1. The summed E-state index contributed by atoms with van der Waals surface area (Å²) in [5.74, 6) is 0.0205. The van der Waals surface area contributed by atoms with Crippen LogP contribution in [-0.2, 0) is 4.79 Å². The van der Waals surface area contributed by atoms with Crippen molar-refractivity contribution in [3.8, 4) is 5.75 Å². The molecular weight excluding hydrogens is 240 g/mol. The van der Waals surface area contributed by atoms with Gasteiger partial charge in [0, 0.05) is 0 Å². The van der Waals surface area contributed by atoms with Gasteiger partial charge in [-0.2, -0.15) is 0 Å². The van der Waals surface area contributed by atoms with Crippen LogP contribution in [0.5, 0.6) is 5.75 Å². The lowest BCUT2D eigenvalue weighted by Crippen LogP contribution is -1.89. The van der Waals surface area contributed by atoms with Gasteiger partial charge in [-0.25, -0.2) is 0 Å². The Balaban J connectivity index is 2.82. The fourth-order valence-electron chi connectivity index (χ4n) is 1.75. The molecule has 0 bridgehead atoms. The molecule has 0 aromatic heterocycles. The van der Waals surface area contributed by atoms with Gasteiger partial charge in [0.05, 0.1) is 13.5 Å². The minimum atomic E-state index is -0.814. The molecule has 0 heterocycles. The van der Waals surface area contributed by atoms with E-state index < -0.39 is 5.97 Å². The molecule has 0 amide bonds. The van der Waals surface area contributed by atoms with Gasteiger partial charge in [-0.1, -0.05) is 43.7 Å². The maximum Gasteiger partial charge on any atom is 0.307 e. The predicted molar refractivity (Wildman–Crippen MR) is 77.3 cm³/mol. The Morgan fingerprint density at radius 3 is 2.53 bits per heavy atom. The van der Waals surface area contributed by atoms with Crippen LogP contribution in [0.1, 0.15) is 31.7 Å². The third-order valence-corrected chi connectivity index (χ3v) is 2.71. The van der Waals surface area contributed by atoms with Crippen LogP contribution in [-0.4, -0.2) is 18.2 Å². The van der Waals surface area contributed by atoms with Gasteiger partial charge in [0.25, 0.3) is 0 Å². The van der Waals surface area contributed by atoms with Gasteiger partial charge in [0.15, 0.2) is 0 Å². The van der Waals surface area contributed by atoms with Gasteiger partial charge in [-0.05, 0) is 29.7 Å². The number of carbonyl (C=O) groups is 1. The van der Waals surface area contributed by atoms with Crippen LogP contribution in [0.2, 0.25) is 0 Å². The normalized spacial score (nSPS) is 11.8. The van der Waals surface area contributed by atoms with E-state index in [2.05, 4.69) is 6.92 Å². The summed E-state index contributed by atoms with van der Waals surface area (Å²) in [5.41, 5.74) is 2.34. The zero-order valence-corrected chi connectivity index (χ0v) is 11.4. The van der Waals surface area contributed by atoms with Crippen molar-refractivity contribution in [2.75, 3.05) is 7.11 Å². The number of benzene rings is 1. The molecule has 0 aliphatic carbocycles. The molecule has 3 nitrogen and oxygen atoms in total. The van der Waals surface area contributed by atoms with Gasteiger partial charge in [0.1, 0.15) is 5.75 Å². The smallest absolute Gasteiger partial charge is 0.307 e. The first kappa shape index (κ1) is 15.0. The molecule has 0 fully saturated rings. The first-order chi connectivity index (χ1) is 9.17. The SMILES string of the molecule is CCC/C(=C\C=C\CC(=O)O)c1ccc(OC)cc1. The molecule has 1 aromatic rings. The van der Waals surface area contributed by atoms with Gasteiger partial charge in [-0.15, -0.1) is 0 Å². The highest BCUT2D eigenvalue weighted by molar-refractivity contribution is 5.70. The number of carboxylic acids is 1. The Bertz CT molecular complexity index is 455. The first-order valence-corrected chi connectivity index (χ1v) is 6.39. The molecule has 0 unspecified atom stereocenters. The van der Waals surface area contributed by atoms with Crippen LogP contribution in [0.15, 0.2) is 42.5 Å². The Hall–Kier alpha value is -2.03. The monoisotopic (exact) mass is 260 g/mol. The van der Waals surface area contributed by atoms with Crippen LogP contribution in [0, 0.1) is 0 Å². The summed E-state index contributed by atoms with van der Waals surface area (Å²) < 4.78 is 5.14. The highest BCUT2D eigenvalue weighted by Crippen LogP contribution is 2.22. The molecule has 0 aliphatic rings. The van der Waals surface area contributed by atoms with Crippen molar-refractivity contribution >= 4 is 11.5 Å². The summed E-state index contributed by atoms with van der Waals surface area (Å²) in [6.07, 6.45) is 7.51. The molecule has 1 rings (SSSR count). The second-order valence-corrected chi connectivity index (χ2v) is 4.20. The summed E-state index contributed by atoms with van der Waals surface area (Å²) in [6, 6.07) is 7.90. The molecule has 0 saturated carbocycles. The van der Waals surface area contributed by atoms with Gasteiger partial charge < -0.3 is 9.84 Å². The van der Waals surface area contributed by atoms with Crippen molar-refractivity contribution in [3.63, 3.8) is 0 Å². The Kier molecular flexibility index (Phi) is 6.44. The summed E-state index contributed by atoms with van der Waals surface area (Å²) in [5, 5.41) is 8.57. The average Bonchev–Trinajstić information content (AvgIpc) is 2.42. The summed E-state index contributed by atoms with van der Waals surface area (Å²) in [6.45, 7) is 2.12. The number of ether oxygens (including phenoxy) is 1. The largest absolute Gasteiger partial charge is 0.497 e. The molecule has 102 valence electrons. The van der Waals surface area contributed by atoms with Crippen LogP contribution in [0.3, 0.4) is 0 Å². The first-order valence-electron chi connectivity index (χ1n) is 6.39.